The number of imide groups is 1. The summed E-state index contributed by atoms with van der Waals surface area (Å²) in [6.45, 7) is 3.32. The Morgan fingerprint density at radius 1 is 0.689 bits per heavy atom. The van der Waals surface area contributed by atoms with Crippen molar-refractivity contribution >= 4 is 11.8 Å². The van der Waals surface area contributed by atoms with Gasteiger partial charge in [0.1, 0.15) is 0 Å². The highest BCUT2D eigenvalue weighted by Crippen LogP contribution is 2.39. The van der Waals surface area contributed by atoms with Crippen LogP contribution < -0.4 is 0 Å². The van der Waals surface area contributed by atoms with Gasteiger partial charge in [0.15, 0.2) is 6.29 Å². The summed E-state index contributed by atoms with van der Waals surface area (Å²) in [6.07, 6.45) is 3.89. The fourth-order valence-electron chi connectivity index (χ4n) is 6.74. The van der Waals surface area contributed by atoms with Crippen LogP contribution in [0, 0.1) is 0 Å². The largest absolute Gasteiger partial charge is 0.392 e. The Labute approximate surface area is 264 Å². The van der Waals surface area contributed by atoms with Crippen molar-refractivity contribution in [1.29, 1.82) is 0 Å². The SMILES string of the molecule is O=C1c2ccccc2C(=O)N1Cc1cccc(-c2cccc(C3OC(CN4CCCCC4)CC(c4ccc(CO)cc4)O3)c2)c1. The van der Waals surface area contributed by atoms with Gasteiger partial charge in [0.05, 0.1) is 36.5 Å². The van der Waals surface area contributed by atoms with Crippen LogP contribution in [0.15, 0.2) is 97.1 Å². The molecule has 0 bridgehead atoms. The van der Waals surface area contributed by atoms with Gasteiger partial charge < -0.3 is 19.5 Å². The number of ether oxygens (including phenoxy) is 2. The van der Waals surface area contributed by atoms with Crippen LogP contribution in [0.3, 0.4) is 0 Å². The van der Waals surface area contributed by atoms with Gasteiger partial charge in [-0.25, -0.2) is 0 Å². The summed E-state index contributed by atoms with van der Waals surface area (Å²) >= 11 is 0. The molecule has 7 rings (SSSR count). The van der Waals surface area contributed by atoms with Crippen molar-refractivity contribution in [2.75, 3.05) is 19.6 Å². The van der Waals surface area contributed by atoms with Crippen molar-refractivity contribution in [3.63, 3.8) is 0 Å². The number of benzene rings is 4. The third kappa shape index (κ3) is 6.35. The Bertz CT molecular complexity index is 1640. The molecule has 1 N–H and O–H groups in total. The minimum absolute atomic E-state index is 0.0153. The minimum atomic E-state index is -0.530. The lowest BCUT2D eigenvalue weighted by Gasteiger charge is -2.39. The third-order valence-corrected chi connectivity index (χ3v) is 9.16. The van der Waals surface area contributed by atoms with Gasteiger partial charge >= 0.3 is 0 Å². The van der Waals surface area contributed by atoms with E-state index in [1.54, 1.807) is 24.3 Å². The number of piperidine rings is 1. The molecule has 4 aromatic rings. The highest BCUT2D eigenvalue weighted by Gasteiger charge is 2.35. The molecule has 3 aliphatic rings. The summed E-state index contributed by atoms with van der Waals surface area (Å²) in [7, 11) is 0. The molecule has 2 amide bonds. The predicted octanol–water partition coefficient (Wildman–Crippen LogP) is 6.67. The molecule has 2 fully saturated rings. The van der Waals surface area contributed by atoms with Crippen molar-refractivity contribution in [3.05, 3.63) is 130 Å². The molecule has 0 radical (unpaired) electrons. The molecular formula is C38H38N2O5. The smallest absolute Gasteiger partial charge is 0.261 e. The van der Waals surface area contributed by atoms with Gasteiger partial charge in [-0.3, -0.25) is 14.5 Å². The van der Waals surface area contributed by atoms with E-state index in [0.717, 1.165) is 59.4 Å². The maximum atomic E-state index is 13.0. The van der Waals surface area contributed by atoms with E-state index >= 15 is 0 Å². The van der Waals surface area contributed by atoms with Gasteiger partial charge in [-0.2, -0.15) is 0 Å². The van der Waals surface area contributed by atoms with Gasteiger partial charge in [0.25, 0.3) is 11.8 Å². The molecule has 3 atom stereocenters. The van der Waals surface area contributed by atoms with E-state index in [4.69, 9.17) is 9.47 Å². The third-order valence-electron chi connectivity index (χ3n) is 9.16. The first-order valence-electron chi connectivity index (χ1n) is 15.9. The van der Waals surface area contributed by atoms with Crippen LogP contribution in [0.25, 0.3) is 11.1 Å². The Morgan fingerprint density at radius 2 is 1.38 bits per heavy atom. The fourth-order valence-corrected chi connectivity index (χ4v) is 6.74. The van der Waals surface area contributed by atoms with Crippen LogP contribution >= 0.6 is 0 Å². The molecule has 0 spiro atoms. The highest BCUT2D eigenvalue weighted by molar-refractivity contribution is 6.21. The van der Waals surface area contributed by atoms with Crippen molar-refractivity contribution < 1.29 is 24.2 Å². The Morgan fingerprint density at radius 3 is 2.09 bits per heavy atom. The topological polar surface area (TPSA) is 79.3 Å². The molecule has 3 unspecified atom stereocenters. The van der Waals surface area contributed by atoms with E-state index in [-0.39, 0.29) is 37.2 Å². The molecule has 7 heteroatoms. The zero-order valence-corrected chi connectivity index (χ0v) is 25.3. The highest BCUT2D eigenvalue weighted by atomic mass is 16.7. The number of rotatable bonds is 8. The van der Waals surface area contributed by atoms with Gasteiger partial charge in [0, 0.05) is 18.5 Å². The van der Waals surface area contributed by atoms with E-state index in [9.17, 15) is 14.7 Å². The van der Waals surface area contributed by atoms with Crippen LogP contribution in [-0.2, 0) is 22.6 Å². The van der Waals surface area contributed by atoms with Crippen molar-refractivity contribution in [1.82, 2.24) is 9.80 Å². The summed E-state index contributed by atoms with van der Waals surface area (Å²) in [5, 5.41) is 9.53. The average Bonchev–Trinajstić information content (AvgIpc) is 3.33. The normalized spacial score (nSPS) is 22.1. The molecule has 4 aromatic carbocycles. The Kier molecular flexibility index (Phi) is 8.59. The fraction of sp³-hybridized carbons (Fsp3) is 0.316. The molecule has 0 saturated carbocycles. The molecule has 45 heavy (non-hydrogen) atoms. The molecular weight excluding hydrogens is 564 g/mol. The van der Waals surface area contributed by atoms with E-state index in [1.165, 1.54) is 24.2 Å². The van der Waals surface area contributed by atoms with Gasteiger partial charge in [-0.15, -0.1) is 0 Å². The molecule has 2 saturated heterocycles. The van der Waals surface area contributed by atoms with Crippen LogP contribution in [0.1, 0.15) is 81.0 Å². The number of likely N-dealkylation sites (tertiary alicyclic amines) is 1. The number of hydrogen-bond acceptors (Lipinski definition) is 6. The predicted molar refractivity (Wildman–Crippen MR) is 171 cm³/mol. The Balaban J connectivity index is 1.12. The lowest BCUT2D eigenvalue weighted by atomic mass is 9.98. The summed E-state index contributed by atoms with van der Waals surface area (Å²) in [6, 6.07) is 31.2. The van der Waals surface area contributed by atoms with Crippen LogP contribution in [0.2, 0.25) is 0 Å². The number of aliphatic hydroxyl groups is 1. The first-order valence-corrected chi connectivity index (χ1v) is 15.9. The first kappa shape index (κ1) is 29.6. The maximum absolute atomic E-state index is 13.0. The number of nitrogens with zero attached hydrogens (tertiary/aromatic N) is 2. The molecule has 0 aliphatic carbocycles. The first-order chi connectivity index (χ1) is 22.1. The van der Waals surface area contributed by atoms with Crippen molar-refractivity contribution in [3.8, 4) is 11.1 Å². The second-order valence-corrected chi connectivity index (χ2v) is 12.3. The second kappa shape index (κ2) is 13.1. The summed E-state index contributed by atoms with van der Waals surface area (Å²) in [4.78, 5) is 29.8. The average molecular weight is 603 g/mol. The van der Waals surface area contributed by atoms with Crippen LogP contribution in [0.4, 0.5) is 0 Å². The van der Waals surface area contributed by atoms with Gasteiger partial charge in [-0.1, -0.05) is 79.2 Å². The zero-order chi connectivity index (χ0) is 30.8. The van der Waals surface area contributed by atoms with Gasteiger partial charge in [0.2, 0.25) is 0 Å². The van der Waals surface area contributed by atoms with Crippen LogP contribution in [-0.4, -0.2) is 52.5 Å². The maximum Gasteiger partial charge on any atom is 0.261 e. The lowest BCUT2D eigenvalue weighted by molar-refractivity contribution is -0.253. The molecule has 230 valence electrons. The van der Waals surface area contributed by atoms with Crippen LogP contribution in [0.5, 0.6) is 0 Å². The molecule has 0 aromatic heterocycles. The van der Waals surface area contributed by atoms with Crippen molar-refractivity contribution in [2.45, 2.75) is 57.3 Å². The number of fused-ring (bicyclic) bond motifs is 1. The number of amides is 2. The summed E-state index contributed by atoms with van der Waals surface area (Å²) in [5.41, 5.74) is 6.70. The van der Waals surface area contributed by atoms with Gasteiger partial charge in [-0.05, 0) is 78.0 Å². The van der Waals surface area contributed by atoms with E-state index in [1.807, 2.05) is 60.7 Å². The molecule has 3 aliphatic heterocycles. The quantitative estimate of drug-likeness (QED) is 0.227. The number of aliphatic hydroxyl groups excluding tert-OH is 1. The second-order valence-electron chi connectivity index (χ2n) is 12.3. The monoisotopic (exact) mass is 602 g/mol. The summed E-state index contributed by atoms with van der Waals surface area (Å²) < 4.78 is 13.3. The summed E-state index contributed by atoms with van der Waals surface area (Å²) in [5.74, 6) is -0.511. The van der Waals surface area contributed by atoms with Crippen molar-refractivity contribution in [2.24, 2.45) is 0 Å². The lowest BCUT2D eigenvalue weighted by Crippen LogP contribution is -2.41. The van der Waals surface area contributed by atoms with E-state index in [2.05, 4.69) is 17.0 Å². The molecule has 3 heterocycles. The van der Waals surface area contributed by atoms with E-state index < -0.39 is 6.29 Å². The number of hydrogen-bond donors (Lipinski definition) is 1. The zero-order valence-electron chi connectivity index (χ0n) is 25.3. The number of carbonyl (C=O) groups excluding carboxylic acids is 2. The minimum Gasteiger partial charge on any atom is -0.392 e. The Hall–Kier alpha value is -4.14. The number of carbonyl (C=O) groups is 2. The van der Waals surface area contributed by atoms with E-state index in [0.29, 0.717) is 11.1 Å². The standard InChI is InChI=1S/C38H38N2O5/c41-25-26-14-16-28(17-15-26)35-22-32(24-39-18-4-1-5-19-39)44-38(45-35)31-11-7-10-30(21-31)29-9-6-8-27(20-29)23-40-36(42)33-12-2-3-13-34(33)37(40)43/h2-3,6-17,20-21,32,35,38,41H,1,4-5,18-19,22-25H2. The molecule has 7 nitrogen and oxygen atoms in total.